The number of hydrogen-bond donors (Lipinski definition) is 1. The summed E-state index contributed by atoms with van der Waals surface area (Å²) in [7, 11) is 1.80. The first-order valence-electron chi connectivity index (χ1n) is 6.50. The molecule has 1 aliphatic heterocycles. The van der Waals surface area contributed by atoms with Gasteiger partial charge in [-0.2, -0.15) is 11.8 Å². The molecule has 0 aliphatic carbocycles. The fourth-order valence-corrected chi connectivity index (χ4v) is 2.96. The highest BCUT2D eigenvalue weighted by Crippen LogP contribution is 2.33. The van der Waals surface area contributed by atoms with Gasteiger partial charge in [0.1, 0.15) is 0 Å². The first-order valence-corrected chi connectivity index (χ1v) is 7.72. The summed E-state index contributed by atoms with van der Waals surface area (Å²) in [6.07, 6.45) is 5.73. The Labute approximate surface area is 110 Å². The molecule has 3 nitrogen and oxygen atoms in total. The SMILES string of the molecule is COC(C)(C)CCN1CCC(CN)(SC)CC1. The van der Waals surface area contributed by atoms with Gasteiger partial charge in [-0.15, -0.1) is 0 Å². The zero-order chi connectivity index (χ0) is 12.9. The minimum atomic E-state index is 0.00189. The first-order chi connectivity index (χ1) is 7.97. The Morgan fingerprint density at radius 2 is 1.94 bits per heavy atom. The van der Waals surface area contributed by atoms with Crippen LogP contribution in [-0.4, -0.2) is 54.8 Å². The molecule has 0 bridgehead atoms. The Bertz CT molecular complexity index is 219. The lowest BCUT2D eigenvalue weighted by atomic mass is 9.95. The maximum Gasteiger partial charge on any atom is 0.0634 e. The molecule has 0 aromatic rings. The lowest BCUT2D eigenvalue weighted by molar-refractivity contribution is 0.00549. The molecule has 0 amide bonds. The smallest absolute Gasteiger partial charge is 0.0634 e. The van der Waals surface area contributed by atoms with E-state index >= 15 is 0 Å². The number of hydrogen-bond acceptors (Lipinski definition) is 4. The number of likely N-dealkylation sites (tertiary alicyclic amines) is 1. The van der Waals surface area contributed by atoms with E-state index in [1.807, 2.05) is 11.8 Å². The van der Waals surface area contributed by atoms with Gasteiger partial charge in [0, 0.05) is 24.9 Å². The molecule has 0 aromatic heterocycles. The van der Waals surface area contributed by atoms with Crippen LogP contribution >= 0.6 is 11.8 Å². The van der Waals surface area contributed by atoms with Crippen LogP contribution in [0, 0.1) is 0 Å². The average Bonchev–Trinajstić information content (AvgIpc) is 2.37. The molecule has 1 fully saturated rings. The van der Waals surface area contributed by atoms with E-state index < -0.39 is 0 Å². The van der Waals surface area contributed by atoms with E-state index in [9.17, 15) is 0 Å². The van der Waals surface area contributed by atoms with Gasteiger partial charge >= 0.3 is 0 Å². The molecule has 4 heteroatoms. The van der Waals surface area contributed by atoms with Crippen molar-refractivity contribution in [3.05, 3.63) is 0 Å². The highest BCUT2D eigenvalue weighted by molar-refractivity contribution is 8.00. The molecule has 2 N–H and O–H groups in total. The second-order valence-corrected chi connectivity index (χ2v) is 6.92. The average molecular weight is 260 g/mol. The lowest BCUT2D eigenvalue weighted by Crippen LogP contribution is -2.47. The van der Waals surface area contributed by atoms with Crippen LogP contribution in [0.1, 0.15) is 33.1 Å². The highest BCUT2D eigenvalue weighted by Gasteiger charge is 2.32. The number of nitrogens with zero attached hydrogens (tertiary/aromatic N) is 1. The quantitative estimate of drug-likeness (QED) is 0.792. The van der Waals surface area contributed by atoms with Gasteiger partial charge in [0.2, 0.25) is 0 Å². The van der Waals surface area contributed by atoms with E-state index in [0.717, 1.165) is 19.5 Å². The molecular formula is C13H28N2OS. The molecule has 1 aliphatic rings. The maximum atomic E-state index is 5.90. The summed E-state index contributed by atoms with van der Waals surface area (Å²) in [5, 5.41) is 0. The minimum absolute atomic E-state index is 0.00189. The normalized spacial score (nSPS) is 21.7. The molecule has 0 radical (unpaired) electrons. The predicted octanol–water partition coefficient (Wildman–Crippen LogP) is 1.96. The molecule has 17 heavy (non-hydrogen) atoms. The summed E-state index contributed by atoms with van der Waals surface area (Å²) >= 11 is 1.95. The lowest BCUT2D eigenvalue weighted by Gasteiger charge is -2.40. The molecule has 0 spiro atoms. The van der Waals surface area contributed by atoms with E-state index in [2.05, 4.69) is 25.0 Å². The summed E-state index contributed by atoms with van der Waals surface area (Å²) in [6, 6.07) is 0. The fraction of sp³-hybridized carbons (Fsp3) is 1.00. The number of piperidine rings is 1. The molecule has 0 aromatic carbocycles. The second kappa shape index (κ2) is 6.41. The molecule has 1 heterocycles. The monoisotopic (exact) mass is 260 g/mol. The fourth-order valence-electron chi connectivity index (χ4n) is 2.21. The Morgan fingerprint density at radius 3 is 2.35 bits per heavy atom. The van der Waals surface area contributed by atoms with Gasteiger partial charge in [-0.25, -0.2) is 0 Å². The van der Waals surface area contributed by atoms with Crippen molar-refractivity contribution in [1.82, 2.24) is 4.90 Å². The summed E-state index contributed by atoms with van der Waals surface area (Å²) in [5.74, 6) is 0. The number of nitrogens with two attached hydrogens (primary N) is 1. The molecular weight excluding hydrogens is 232 g/mol. The Hall–Kier alpha value is 0.230. The Morgan fingerprint density at radius 1 is 1.35 bits per heavy atom. The van der Waals surface area contributed by atoms with Crippen LogP contribution < -0.4 is 5.73 Å². The summed E-state index contributed by atoms with van der Waals surface area (Å²) < 4.78 is 5.80. The molecule has 1 saturated heterocycles. The Kier molecular flexibility index (Phi) is 5.77. The number of ether oxygens (including phenoxy) is 1. The maximum absolute atomic E-state index is 5.90. The van der Waals surface area contributed by atoms with E-state index in [1.54, 1.807) is 7.11 Å². The van der Waals surface area contributed by atoms with Crippen LogP contribution in [0.4, 0.5) is 0 Å². The van der Waals surface area contributed by atoms with Gasteiger partial charge in [0.15, 0.2) is 0 Å². The van der Waals surface area contributed by atoms with Gasteiger partial charge in [-0.05, 0) is 52.5 Å². The molecule has 0 unspecified atom stereocenters. The van der Waals surface area contributed by atoms with Crippen LogP contribution in [0.15, 0.2) is 0 Å². The summed E-state index contributed by atoms with van der Waals surface area (Å²) in [5.41, 5.74) is 5.90. The van der Waals surface area contributed by atoms with E-state index in [1.165, 1.54) is 25.9 Å². The van der Waals surface area contributed by atoms with Gasteiger partial charge < -0.3 is 15.4 Å². The van der Waals surface area contributed by atoms with Crippen molar-refractivity contribution >= 4 is 11.8 Å². The van der Waals surface area contributed by atoms with Crippen molar-refractivity contribution in [2.24, 2.45) is 5.73 Å². The highest BCUT2D eigenvalue weighted by atomic mass is 32.2. The number of methoxy groups -OCH3 is 1. The van der Waals surface area contributed by atoms with Crippen molar-refractivity contribution in [2.75, 3.05) is 39.5 Å². The van der Waals surface area contributed by atoms with Crippen molar-refractivity contribution in [3.63, 3.8) is 0 Å². The molecule has 0 saturated carbocycles. The second-order valence-electron chi connectivity index (χ2n) is 5.65. The standard InChI is InChI=1S/C13H28N2OS/c1-12(2,16-3)5-8-15-9-6-13(11-14,17-4)7-10-15/h5-11,14H2,1-4H3. The van der Waals surface area contributed by atoms with Crippen LogP contribution in [-0.2, 0) is 4.74 Å². The number of rotatable bonds is 6. The topological polar surface area (TPSA) is 38.5 Å². The van der Waals surface area contributed by atoms with E-state index in [4.69, 9.17) is 10.5 Å². The zero-order valence-corrected chi connectivity index (χ0v) is 12.6. The van der Waals surface area contributed by atoms with Gasteiger partial charge in [0.25, 0.3) is 0 Å². The molecule has 0 atom stereocenters. The van der Waals surface area contributed by atoms with Crippen LogP contribution in [0.25, 0.3) is 0 Å². The number of thioether (sulfide) groups is 1. The third kappa shape index (κ3) is 4.43. The van der Waals surface area contributed by atoms with Gasteiger partial charge in [-0.1, -0.05) is 0 Å². The van der Waals surface area contributed by atoms with Gasteiger partial charge in [-0.3, -0.25) is 0 Å². The first kappa shape index (κ1) is 15.3. The van der Waals surface area contributed by atoms with Crippen molar-refractivity contribution < 1.29 is 4.74 Å². The predicted molar refractivity (Wildman–Crippen MR) is 76.7 cm³/mol. The Balaban J connectivity index is 2.33. The molecule has 102 valence electrons. The van der Waals surface area contributed by atoms with E-state index in [0.29, 0.717) is 4.75 Å². The minimum Gasteiger partial charge on any atom is -0.379 e. The van der Waals surface area contributed by atoms with Crippen LogP contribution in [0.3, 0.4) is 0 Å². The van der Waals surface area contributed by atoms with Crippen molar-refractivity contribution in [2.45, 2.75) is 43.5 Å². The van der Waals surface area contributed by atoms with Gasteiger partial charge in [0.05, 0.1) is 5.60 Å². The van der Waals surface area contributed by atoms with Crippen molar-refractivity contribution in [1.29, 1.82) is 0 Å². The summed E-state index contributed by atoms with van der Waals surface area (Å²) in [4.78, 5) is 2.55. The van der Waals surface area contributed by atoms with E-state index in [-0.39, 0.29) is 5.60 Å². The molecule has 1 rings (SSSR count). The zero-order valence-electron chi connectivity index (χ0n) is 11.8. The summed E-state index contributed by atoms with van der Waals surface area (Å²) in [6.45, 7) is 8.61. The van der Waals surface area contributed by atoms with Crippen LogP contribution in [0.5, 0.6) is 0 Å². The van der Waals surface area contributed by atoms with Crippen molar-refractivity contribution in [3.8, 4) is 0 Å². The third-order valence-electron chi connectivity index (χ3n) is 4.15. The third-order valence-corrected chi connectivity index (χ3v) is 5.60. The largest absolute Gasteiger partial charge is 0.379 e. The van der Waals surface area contributed by atoms with Crippen LogP contribution in [0.2, 0.25) is 0 Å².